The van der Waals surface area contributed by atoms with Crippen LogP contribution in [0.3, 0.4) is 0 Å². The van der Waals surface area contributed by atoms with Crippen LogP contribution in [0.15, 0.2) is 23.3 Å². The van der Waals surface area contributed by atoms with E-state index < -0.39 is 52.6 Å². The number of methoxy groups -OCH3 is 1. The van der Waals surface area contributed by atoms with Crippen molar-refractivity contribution in [3.63, 3.8) is 0 Å². The molecule has 1 fully saturated rings. The first-order valence-corrected chi connectivity index (χ1v) is 14.0. The molecule has 3 amide bonds. The van der Waals surface area contributed by atoms with Gasteiger partial charge in [0.05, 0.1) is 25.9 Å². The molecule has 2 rings (SSSR count). The predicted octanol–water partition coefficient (Wildman–Crippen LogP) is 4.94. The Bertz CT molecular complexity index is 1150. The molecule has 0 radical (unpaired) electrons. The van der Waals surface area contributed by atoms with E-state index in [1.807, 2.05) is 6.92 Å². The molecular weight excluding hydrogens is 559 g/mol. The number of hydrogen-bond acceptors (Lipinski definition) is 10. The van der Waals surface area contributed by atoms with Crippen LogP contribution in [0.2, 0.25) is 0 Å². The summed E-state index contributed by atoms with van der Waals surface area (Å²) in [6.07, 6.45) is -1.85. The van der Waals surface area contributed by atoms with Crippen molar-refractivity contribution in [2.24, 2.45) is 5.10 Å². The van der Waals surface area contributed by atoms with Crippen molar-refractivity contribution in [2.45, 2.75) is 83.9 Å². The quantitative estimate of drug-likeness (QED) is 0.133. The lowest BCUT2D eigenvalue weighted by Gasteiger charge is -2.20. The Morgan fingerprint density at radius 2 is 1.78 bits per heavy atom. The van der Waals surface area contributed by atoms with Crippen LogP contribution in [0.1, 0.15) is 66.9 Å². The molecule has 1 aromatic rings. The van der Waals surface area contributed by atoms with Gasteiger partial charge in [-0.15, -0.1) is 0 Å². The smallest absolute Gasteiger partial charge is 0.428 e. The minimum absolute atomic E-state index is 0.00666. The molecule has 1 aliphatic heterocycles. The monoisotopic (exact) mass is 598 g/mol. The Morgan fingerprint density at radius 3 is 2.34 bits per heavy atom. The maximum absolute atomic E-state index is 15.5. The molecule has 0 aromatic heterocycles. The van der Waals surface area contributed by atoms with E-state index in [2.05, 4.69) is 15.8 Å². The third-order valence-corrected chi connectivity index (χ3v) is 6.41. The summed E-state index contributed by atoms with van der Waals surface area (Å²) in [5.74, 6) is -1.28. The number of ether oxygens (including phenoxy) is 4. The molecule has 0 aliphatic carbocycles. The fraction of sp³-hybridized carbons (Fsp3) is 0.593. The molecule has 0 saturated carbocycles. The van der Waals surface area contributed by atoms with Gasteiger partial charge in [-0.05, 0) is 66.2 Å². The number of thioether (sulfide) groups is 1. The number of carbonyl (C=O) groups excluding carboxylic acids is 4. The normalized spacial score (nSPS) is 16.5. The lowest BCUT2D eigenvalue weighted by atomic mass is 10.2. The molecule has 1 aromatic carbocycles. The molecule has 0 spiro atoms. The van der Waals surface area contributed by atoms with Gasteiger partial charge in [-0.25, -0.2) is 24.2 Å². The van der Waals surface area contributed by atoms with Crippen LogP contribution in [0.25, 0.3) is 0 Å². The van der Waals surface area contributed by atoms with Crippen molar-refractivity contribution in [3.05, 3.63) is 29.6 Å². The standard InChI is InChI=1S/C27H39FN4O8S/c1-9-10-20(22(33)37-8)41-21(30-31-24(35)40-27(5,6)7)18-12-11-16(13-19(18)28)32-15-17(38-25(32)36)14-29-23(34)39-26(2,3)4/h11-13,17,20H,9-10,14-15H2,1-8H3,(H,29,34)(H,31,35)/b30-21-/t17-,20?/m0/s1. The van der Waals surface area contributed by atoms with Crippen molar-refractivity contribution in [2.75, 3.05) is 25.1 Å². The molecule has 1 unspecified atom stereocenters. The average molecular weight is 599 g/mol. The predicted molar refractivity (Wildman–Crippen MR) is 152 cm³/mol. The molecule has 1 heterocycles. The molecule has 12 nitrogen and oxygen atoms in total. The van der Waals surface area contributed by atoms with Crippen molar-refractivity contribution in [3.8, 4) is 0 Å². The van der Waals surface area contributed by atoms with E-state index in [4.69, 9.17) is 18.9 Å². The van der Waals surface area contributed by atoms with E-state index in [1.165, 1.54) is 24.1 Å². The SMILES string of the molecule is CCCC(S/C(=N\NC(=O)OC(C)(C)C)c1ccc(N2C[C@H](CNC(=O)OC(C)(C)C)OC2=O)cc1F)C(=O)OC. The van der Waals surface area contributed by atoms with Crippen LogP contribution in [-0.4, -0.2) is 72.0 Å². The highest BCUT2D eigenvalue weighted by Crippen LogP contribution is 2.29. The van der Waals surface area contributed by atoms with E-state index >= 15 is 4.39 Å². The molecular formula is C27H39FN4O8S. The number of alkyl carbamates (subject to hydrolysis) is 1. The number of halogens is 1. The largest absolute Gasteiger partial charge is 0.468 e. The Hall–Kier alpha value is -3.55. The lowest BCUT2D eigenvalue weighted by Crippen LogP contribution is -2.38. The van der Waals surface area contributed by atoms with Gasteiger partial charge in [0.2, 0.25) is 0 Å². The van der Waals surface area contributed by atoms with E-state index in [0.29, 0.717) is 12.8 Å². The highest BCUT2D eigenvalue weighted by atomic mass is 32.2. The fourth-order valence-corrected chi connectivity index (χ4v) is 4.70. The number of esters is 1. The summed E-state index contributed by atoms with van der Waals surface area (Å²) in [6, 6.07) is 3.99. The van der Waals surface area contributed by atoms with Gasteiger partial charge in [0.1, 0.15) is 33.4 Å². The number of nitrogens with zero attached hydrogens (tertiary/aromatic N) is 2. The topological polar surface area (TPSA) is 145 Å². The van der Waals surface area contributed by atoms with Gasteiger partial charge in [-0.1, -0.05) is 25.1 Å². The summed E-state index contributed by atoms with van der Waals surface area (Å²) in [7, 11) is 1.25. The minimum atomic E-state index is -0.858. The van der Waals surface area contributed by atoms with Gasteiger partial charge in [0, 0.05) is 5.56 Å². The summed E-state index contributed by atoms with van der Waals surface area (Å²) in [5, 5.41) is 5.89. The number of rotatable bonds is 9. The van der Waals surface area contributed by atoms with Gasteiger partial charge < -0.3 is 24.3 Å². The second-order valence-corrected chi connectivity index (χ2v) is 12.3. The summed E-state index contributed by atoms with van der Waals surface area (Å²) in [6.45, 7) is 12.2. The number of benzene rings is 1. The number of cyclic esters (lactones) is 1. The minimum Gasteiger partial charge on any atom is -0.468 e. The molecule has 2 atom stereocenters. The average Bonchev–Trinajstić information content (AvgIpc) is 3.22. The first kappa shape index (κ1) is 33.7. The summed E-state index contributed by atoms with van der Waals surface area (Å²) >= 11 is 0.934. The molecule has 1 saturated heterocycles. The molecule has 41 heavy (non-hydrogen) atoms. The van der Waals surface area contributed by atoms with E-state index in [9.17, 15) is 19.2 Å². The van der Waals surface area contributed by atoms with Gasteiger partial charge in [0.25, 0.3) is 0 Å². The molecule has 14 heteroatoms. The second-order valence-electron chi connectivity index (χ2n) is 11.1. The maximum Gasteiger partial charge on any atom is 0.428 e. The van der Waals surface area contributed by atoms with Crippen LogP contribution < -0.4 is 15.6 Å². The van der Waals surface area contributed by atoms with Gasteiger partial charge >= 0.3 is 24.2 Å². The first-order chi connectivity index (χ1) is 19.0. The number of hydrazone groups is 1. The van der Waals surface area contributed by atoms with E-state index in [0.717, 1.165) is 17.8 Å². The number of hydrogen-bond donors (Lipinski definition) is 2. The van der Waals surface area contributed by atoms with Crippen LogP contribution in [0, 0.1) is 5.82 Å². The Kier molecular flexibility index (Phi) is 11.8. The fourth-order valence-electron chi connectivity index (χ4n) is 3.50. The summed E-state index contributed by atoms with van der Waals surface area (Å²) in [5.41, 5.74) is 0.963. The maximum atomic E-state index is 15.5. The Labute approximate surface area is 243 Å². The zero-order chi connectivity index (χ0) is 31.0. The van der Waals surface area contributed by atoms with Gasteiger partial charge in [0.15, 0.2) is 0 Å². The Balaban J connectivity index is 2.25. The third-order valence-electron chi connectivity index (χ3n) is 5.16. The molecule has 2 N–H and O–H groups in total. The summed E-state index contributed by atoms with van der Waals surface area (Å²) < 4.78 is 36.1. The highest BCUT2D eigenvalue weighted by molar-refractivity contribution is 8.15. The van der Waals surface area contributed by atoms with E-state index in [-0.39, 0.29) is 29.4 Å². The van der Waals surface area contributed by atoms with Crippen LogP contribution in [0.5, 0.6) is 0 Å². The van der Waals surface area contributed by atoms with E-state index in [1.54, 1.807) is 41.5 Å². The third kappa shape index (κ3) is 11.1. The van der Waals surface area contributed by atoms with Crippen molar-refractivity contribution in [1.29, 1.82) is 0 Å². The van der Waals surface area contributed by atoms with Crippen molar-refractivity contribution >= 4 is 46.7 Å². The lowest BCUT2D eigenvalue weighted by molar-refractivity contribution is -0.140. The van der Waals surface area contributed by atoms with Crippen molar-refractivity contribution in [1.82, 2.24) is 10.7 Å². The Morgan fingerprint density at radius 1 is 1.15 bits per heavy atom. The number of carbonyl (C=O) groups is 4. The van der Waals surface area contributed by atoms with Crippen LogP contribution >= 0.6 is 11.8 Å². The summed E-state index contributed by atoms with van der Waals surface area (Å²) in [4.78, 5) is 50.2. The van der Waals surface area contributed by atoms with Gasteiger partial charge in [-0.2, -0.15) is 5.10 Å². The number of nitrogens with one attached hydrogen (secondary N) is 2. The number of anilines is 1. The number of amides is 3. The first-order valence-electron chi connectivity index (χ1n) is 13.1. The van der Waals surface area contributed by atoms with Crippen molar-refractivity contribution < 1.29 is 42.5 Å². The van der Waals surface area contributed by atoms with Gasteiger partial charge in [-0.3, -0.25) is 9.69 Å². The zero-order valence-corrected chi connectivity index (χ0v) is 25.5. The molecule has 228 valence electrons. The molecule has 0 bridgehead atoms. The highest BCUT2D eigenvalue weighted by Gasteiger charge is 2.34. The second kappa shape index (κ2) is 14.4. The van der Waals surface area contributed by atoms with Crippen LogP contribution in [-0.2, 0) is 23.7 Å². The molecule has 1 aliphatic rings. The van der Waals surface area contributed by atoms with Crippen LogP contribution in [0.4, 0.5) is 24.5 Å². The zero-order valence-electron chi connectivity index (χ0n) is 24.7.